The number of nitrogens with zero attached hydrogens (tertiary/aromatic N) is 1. The summed E-state index contributed by atoms with van der Waals surface area (Å²) in [6, 6.07) is 19.5. The summed E-state index contributed by atoms with van der Waals surface area (Å²) < 4.78 is 5.74. The Morgan fingerprint density at radius 3 is 2.23 bits per heavy atom. The van der Waals surface area contributed by atoms with Crippen molar-refractivity contribution >= 4 is 32.6 Å². The fourth-order valence-corrected chi connectivity index (χ4v) is 4.38. The first-order valence-electron chi connectivity index (χ1n) is 8.90. The number of benzene rings is 4. The molecule has 4 aromatic carbocycles. The molecule has 0 fully saturated rings. The van der Waals surface area contributed by atoms with Gasteiger partial charge in [0, 0.05) is 10.8 Å². The molecule has 0 spiro atoms. The van der Waals surface area contributed by atoms with Crippen LogP contribution in [0.5, 0.6) is 0 Å². The van der Waals surface area contributed by atoms with Gasteiger partial charge in [0.25, 0.3) is 0 Å². The molecule has 1 aromatic heterocycles. The highest BCUT2D eigenvalue weighted by Crippen LogP contribution is 2.41. The van der Waals surface area contributed by atoms with Crippen LogP contribution in [0.3, 0.4) is 0 Å². The smallest absolute Gasteiger partial charge is 0.182 e. The maximum Gasteiger partial charge on any atom is 0.182 e. The van der Waals surface area contributed by atoms with Crippen molar-refractivity contribution < 1.29 is 4.42 Å². The molecule has 0 aliphatic heterocycles. The molecule has 0 aliphatic rings. The first kappa shape index (κ1) is 15.2. The van der Waals surface area contributed by atoms with Crippen molar-refractivity contribution in [3.63, 3.8) is 0 Å². The summed E-state index contributed by atoms with van der Waals surface area (Å²) in [5.41, 5.74) is 8.28. The summed E-state index contributed by atoms with van der Waals surface area (Å²) >= 11 is 0. The Labute approximate surface area is 152 Å². The second kappa shape index (κ2) is 5.43. The molecule has 0 N–H and O–H groups in total. The highest BCUT2D eigenvalue weighted by Gasteiger charge is 2.17. The summed E-state index contributed by atoms with van der Waals surface area (Å²) in [7, 11) is 0. The van der Waals surface area contributed by atoms with E-state index in [4.69, 9.17) is 4.42 Å². The van der Waals surface area contributed by atoms with Crippen molar-refractivity contribution in [3.05, 3.63) is 77.7 Å². The van der Waals surface area contributed by atoms with Gasteiger partial charge in [0.1, 0.15) is 5.52 Å². The van der Waals surface area contributed by atoms with Gasteiger partial charge in [-0.25, -0.2) is 4.98 Å². The van der Waals surface area contributed by atoms with E-state index < -0.39 is 0 Å². The zero-order valence-electron chi connectivity index (χ0n) is 15.1. The number of rotatable bonds is 1. The molecule has 0 atom stereocenters. The molecular weight excluding hydrogens is 318 g/mol. The standard InChI is InChI=1S/C24H19NO/c1-14-11-15(2)21(16(3)12-14)19-9-6-10-20-22(19)17-7-4-5-8-18(17)24-23(20)25-13-26-24/h4-13H,1-3H3. The summed E-state index contributed by atoms with van der Waals surface area (Å²) in [6.45, 7) is 6.55. The molecular formula is C24H19NO. The Balaban J connectivity index is 2.05. The van der Waals surface area contributed by atoms with Crippen molar-refractivity contribution in [2.75, 3.05) is 0 Å². The third-order valence-corrected chi connectivity index (χ3v) is 5.27. The first-order valence-corrected chi connectivity index (χ1v) is 8.90. The van der Waals surface area contributed by atoms with Gasteiger partial charge in [0.2, 0.25) is 0 Å². The molecule has 0 radical (unpaired) electrons. The van der Waals surface area contributed by atoms with Gasteiger partial charge in [-0.3, -0.25) is 0 Å². The second-order valence-electron chi connectivity index (χ2n) is 7.08. The minimum Gasteiger partial charge on any atom is -0.443 e. The highest BCUT2D eigenvalue weighted by atomic mass is 16.3. The van der Waals surface area contributed by atoms with Gasteiger partial charge in [-0.1, -0.05) is 60.2 Å². The second-order valence-corrected chi connectivity index (χ2v) is 7.08. The largest absolute Gasteiger partial charge is 0.443 e. The monoisotopic (exact) mass is 337 g/mol. The highest BCUT2D eigenvalue weighted by molar-refractivity contribution is 6.26. The number of oxazole rings is 1. The normalized spacial score (nSPS) is 11.7. The number of hydrogen-bond acceptors (Lipinski definition) is 2. The topological polar surface area (TPSA) is 26.0 Å². The van der Waals surface area contributed by atoms with Gasteiger partial charge < -0.3 is 4.42 Å². The lowest BCUT2D eigenvalue weighted by molar-refractivity contribution is 0.605. The predicted molar refractivity (Wildman–Crippen MR) is 109 cm³/mol. The molecule has 2 heteroatoms. The van der Waals surface area contributed by atoms with E-state index in [1.165, 1.54) is 38.6 Å². The Bertz CT molecular complexity index is 1290. The number of aromatic nitrogens is 1. The third-order valence-electron chi connectivity index (χ3n) is 5.27. The molecule has 5 aromatic rings. The van der Waals surface area contributed by atoms with Crippen molar-refractivity contribution in [2.24, 2.45) is 0 Å². The number of fused-ring (bicyclic) bond motifs is 6. The third kappa shape index (κ3) is 2.02. The van der Waals surface area contributed by atoms with Crippen LogP contribution in [0.25, 0.3) is 43.8 Å². The van der Waals surface area contributed by atoms with Crippen LogP contribution in [0.4, 0.5) is 0 Å². The molecule has 0 aliphatic carbocycles. The number of hydrogen-bond donors (Lipinski definition) is 0. The fourth-order valence-electron chi connectivity index (χ4n) is 4.38. The van der Waals surface area contributed by atoms with Crippen molar-refractivity contribution in [2.45, 2.75) is 20.8 Å². The zero-order valence-corrected chi connectivity index (χ0v) is 15.1. The van der Waals surface area contributed by atoms with Crippen LogP contribution in [0.1, 0.15) is 16.7 Å². The van der Waals surface area contributed by atoms with Crippen LogP contribution in [0.2, 0.25) is 0 Å². The predicted octanol–water partition coefficient (Wildman–Crippen LogP) is 6.73. The summed E-state index contributed by atoms with van der Waals surface area (Å²) in [6.07, 6.45) is 1.55. The number of aryl methyl sites for hydroxylation is 3. The van der Waals surface area contributed by atoms with Crippen molar-refractivity contribution in [1.29, 1.82) is 0 Å². The van der Waals surface area contributed by atoms with Crippen LogP contribution < -0.4 is 0 Å². The molecule has 0 amide bonds. The maximum atomic E-state index is 5.74. The lowest BCUT2D eigenvalue weighted by atomic mass is 9.88. The van der Waals surface area contributed by atoms with E-state index in [0.29, 0.717) is 0 Å². The Kier molecular flexibility index (Phi) is 3.17. The molecule has 0 saturated heterocycles. The van der Waals surface area contributed by atoms with Crippen LogP contribution in [0.15, 0.2) is 65.4 Å². The summed E-state index contributed by atoms with van der Waals surface area (Å²) in [4.78, 5) is 4.52. The van der Waals surface area contributed by atoms with Crippen LogP contribution >= 0.6 is 0 Å². The SMILES string of the molecule is Cc1cc(C)c(-c2cccc3c4ncoc4c4ccccc4c23)c(C)c1. The van der Waals surface area contributed by atoms with Crippen molar-refractivity contribution in [3.8, 4) is 11.1 Å². The van der Waals surface area contributed by atoms with Gasteiger partial charge in [-0.05, 0) is 53.8 Å². The van der Waals surface area contributed by atoms with E-state index >= 15 is 0 Å². The zero-order chi connectivity index (χ0) is 17.8. The molecule has 5 rings (SSSR count). The van der Waals surface area contributed by atoms with E-state index in [-0.39, 0.29) is 0 Å². The van der Waals surface area contributed by atoms with Crippen LogP contribution in [-0.2, 0) is 0 Å². The maximum absolute atomic E-state index is 5.74. The van der Waals surface area contributed by atoms with Crippen molar-refractivity contribution in [1.82, 2.24) is 4.98 Å². The molecule has 26 heavy (non-hydrogen) atoms. The van der Waals surface area contributed by atoms with Gasteiger partial charge >= 0.3 is 0 Å². The van der Waals surface area contributed by atoms with E-state index in [2.05, 4.69) is 80.4 Å². The fraction of sp³-hybridized carbons (Fsp3) is 0.125. The Hall–Kier alpha value is -3.13. The minimum absolute atomic E-state index is 0.864. The van der Waals surface area contributed by atoms with Crippen LogP contribution in [-0.4, -0.2) is 4.98 Å². The Morgan fingerprint density at radius 1 is 0.769 bits per heavy atom. The molecule has 0 bridgehead atoms. The quantitative estimate of drug-likeness (QED) is 0.317. The van der Waals surface area contributed by atoms with Crippen LogP contribution in [0, 0.1) is 20.8 Å². The molecule has 0 saturated carbocycles. The first-order chi connectivity index (χ1) is 12.6. The molecule has 0 unspecified atom stereocenters. The summed E-state index contributed by atoms with van der Waals surface area (Å²) in [5, 5.41) is 4.72. The van der Waals surface area contributed by atoms with E-state index in [1.54, 1.807) is 6.39 Å². The van der Waals surface area contributed by atoms with Gasteiger partial charge in [0.05, 0.1) is 0 Å². The minimum atomic E-state index is 0.864. The average molecular weight is 337 g/mol. The van der Waals surface area contributed by atoms with E-state index in [0.717, 1.165) is 21.9 Å². The summed E-state index contributed by atoms with van der Waals surface area (Å²) in [5.74, 6) is 0. The van der Waals surface area contributed by atoms with E-state index in [9.17, 15) is 0 Å². The van der Waals surface area contributed by atoms with Gasteiger partial charge in [0.15, 0.2) is 12.0 Å². The lowest BCUT2D eigenvalue weighted by Crippen LogP contribution is -1.92. The Morgan fingerprint density at radius 2 is 1.46 bits per heavy atom. The van der Waals surface area contributed by atoms with Gasteiger partial charge in [-0.15, -0.1) is 0 Å². The average Bonchev–Trinajstić information content (AvgIpc) is 3.11. The molecule has 2 nitrogen and oxygen atoms in total. The van der Waals surface area contributed by atoms with Gasteiger partial charge in [-0.2, -0.15) is 0 Å². The lowest BCUT2D eigenvalue weighted by Gasteiger charge is -2.16. The molecule has 1 heterocycles. The van der Waals surface area contributed by atoms with E-state index in [1.807, 2.05) is 0 Å². The molecule has 126 valence electrons.